The molecule has 0 aliphatic rings. The van der Waals surface area contributed by atoms with Gasteiger partial charge in [-0.2, -0.15) is 0 Å². The van der Waals surface area contributed by atoms with E-state index in [1.165, 1.54) is 5.56 Å². The van der Waals surface area contributed by atoms with Crippen molar-refractivity contribution in [3.63, 3.8) is 0 Å². The van der Waals surface area contributed by atoms with Crippen LogP contribution in [0.4, 0.5) is 0 Å². The van der Waals surface area contributed by atoms with Crippen molar-refractivity contribution < 1.29 is 4.74 Å². The first-order valence-electron chi connectivity index (χ1n) is 5.81. The second-order valence-electron chi connectivity index (χ2n) is 3.76. The van der Waals surface area contributed by atoms with Crippen molar-refractivity contribution in [1.29, 1.82) is 0 Å². The average Bonchev–Trinajstić information content (AvgIpc) is 2.85. The van der Waals surface area contributed by atoms with Gasteiger partial charge in [0.2, 0.25) is 5.88 Å². The van der Waals surface area contributed by atoms with E-state index in [1.54, 1.807) is 4.68 Å². The second-order valence-corrected chi connectivity index (χ2v) is 3.76. The first kappa shape index (κ1) is 11.7. The van der Waals surface area contributed by atoms with E-state index in [4.69, 9.17) is 10.5 Å². The van der Waals surface area contributed by atoms with E-state index in [-0.39, 0.29) is 0 Å². The lowest BCUT2D eigenvalue weighted by molar-refractivity contribution is 0.313. The maximum atomic E-state index is 5.37. The summed E-state index contributed by atoms with van der Waals surface area (Å²) in [4.78, 5) is 0. The van der Waals surface area contributed by atoms with Gasteiger partial charge in [-0.15, -0.1) is 5.10 Å². The standard InChI is InChI=1S/C13H17N3O/c1-2-11-3-5-12(6-4-11)16-9-7-13(15-16)17-10-8-14/h3-7,9H,2,8,10,14H2,1H3. The summed E-state index contributed by atoms with van der Waals surface area (Å²) in [7, 11) is 0. The number of benzene rings is 1. The summed E-state index contributed by atoms with van der Waals surface area (Å²) in [5.74, 6) is 0.606. The topological polar surface area (TPSA) is 53.1 Å². The van der Waals surface area contributed by atoms with Crippen molar-refractivity contribution in [2.24, 2.45) is 5.73 Å². The van der Waals surface area contributed by atoms with Crippen LogP contribution in [0.2, 0.25) is 0 Å². The fourth-order valence-electron chi connectivity index (χ4n) is 1.58. The Hall–Kier alpha value is -1.81. The molecule has 0 radical (unpaired) electrons. The van der Waals surface area contributed by atoms with Crippen molar-refractivity contribution in [2.45, 2.75) is 13.3 Å². The van der Waals surface area contributed by atoms with Crippen LogP contribution in [-0.4, -0.2) is 22.9 Å². The zero-order valence-corrected chi connectivity index (χ0v) is 9.97. The molecular formula is C13H17N3O. The molecule has 0 fully saturated rings. The van der Waals surface area contributed by atoms with Crippen LogP contribution in [0.3, 0.4) is 0 Å². The van der Waals surface area contributed by atoms with Crippen molar-refractivity contribution in [3.8, 4) is 11.6 Å². The highest BCUT2D eigenvalue weighted by atomic mass is 16.5. The van der Waals surface area contributed by atoms with Crippen LogP contribution in [-0.2, 0) is 6.42 Å². The number of ether oxygens (including phenoxy) is 1. The lowest BCUT2D eigenvalue weighted by atomic mass is 10.1. The van der Waals surface area contributed by atoms with Crippen molar-refractivity contribution in [1.82, 2.24) is 9.78 Å². The molecule has 0 aliphatic carbocycles. The van der Waals surface area contributed by atoms with E-state index in [0.29, 0.717) is 19.0 Å². The van der Waals surface area contributed by atoms with Gasteiger partial charge >= 0.3 is 0 Å². The molecule has 4 nitrogen and oxygen atoms in total. The Labute approximate surface area is 101 Å². The molecule has 2 N–H and O–H groups in total. The Balaban J connectivity index is 2.12. The second kappa shape index (κ2) is 5.50. The van der Waals surface area contributed by atoms with Gasteiger partial charge in [-0.25, -0.2) is 4.68 Å². The summed E-state index contributed by atoms with van der Waals surface area (Å²) in [5.41, 5.74) is 7.72. The number of hydrogen-bond acceptors (Lipinski definition) is 3. The average molecular weight is 231 g/mol. The highest BCUT2D eigenvalue weighted by Crippen LogP contribution is 2.13. The molecule has 0 amide bonds. The van der Waals surface area contributed by atoms with Crippen LogP contribution in [0.1, 0.15) is 12.5 Å². The molecule has 4 heteroatoms. The number of aromatic nitrogens is 2. The predicted molar refractivity (Wildman–Crippen MR) is 67.5 cm³/mol. The summed E-state index contributed by atoms with van der Waals surface area (Å²) >= 11 is 0. The Morgan fingerprint density at radius 1 is 1.24 bits per heavy atom. The number of aryl methyl sites for hydroxylation is 1. The normalized spacial score (nSPS) is 10.5. The number of rotatable bonds is 5. The van der Waals surface area contributed by atoms with Gasteiger partial charge in [0.25, 0.3) is 0 Å². The third kappa shape index (κ3) is 2.85. The summed E-state index contributed by atoms with van der Waals surface area (Å²) in [6, 6.07) is 10.2. The van der Waals surface area contributed by atoms with Crippen molar-refractivity contribution >= 4 is 0 Å². The largest absolute Gasteiger partial charge is 0.475 e. The molecule has 1 aromatic carbocycles. The minimum Gasteiger partial charge on any atom is -0.475 e. The van der Waals surface area contributed by atoms with Crippen molar-refractivity contribution in [3.05, 3.63) is 42.1 Å². The molecule has 17 heavy (non-hydrogen) atoms. The molecule has 0 saturated carbocycles. The van der Waals surface area contributed by atoms with Crippen LogP contribution < -0.4 is 10.5 Å². The van der Waals surface area contributed by atoms with Gasteiger partial charge in [-0.05, 0) is 24.1 Å². The predicted octanol–water partition coefficient (Wildman–Crippen LogP) is 1.77. The molecule has 2 aromatic rings. The molecule has 0 spiro atoms. The minimum absolute atomic E-state index is 0.492. The Bertz CT molecular complexity index is 462. The third-order valence-corrected chi connectivity index (χ3v) is 2.54. The summed E-state index contributed by atoms with van der Waals surface area (Å²) < 4.78 is 7.14. The SMILES string of the molecule is CCc1ccc(-n2ccc(OCCN)n2)cc1. The first-order chi connectivity index (χ1) is 8.33. The number of nitrogens with zero attached hydrogens (tertiary/aromatic N) is 2. The van der Waals surface area contributed by atoms with Crippen molar-refractivity contribution in [2.75, 3.05) is 13.2 Å². The van der Waals surface area contributed by atoms with Gasteiger partial charge in [-0.3, -0.25) is 0 Å². The van der Waals surface area contributed by atoms with Crippen LogP contribution in [0.15, 0.2) is 36.5 Å². The molecular weight excluding hydrogens is 214 g/mol. The lowest BCUT2D eigenvalue weighted by Gasteiger charge is -2.03. The lowest BCUT2D eigenvalue weighted by Crippen LogP contribution is -2.11. The van der Waals surface area contributed by atoms with E-state index < -0.39 is 0 Å². The van der Waals surface area contributed by atoms with E-state index in [1.807, 2.05) is 12.3 Å². The van der Waals surface area contributed by atoms with E-state index in [0.717, 1.165) is 12.1 Å². The maximum absolute atomic E-state index is 5.37. The maximum Gasteiger partial charge on any atom is 0.233 e. The highest BCUT2D eigenvalue weighted by Gasteiger charge is 2.01. The van der Waals surface area contributed by atoms with Gasteiger partial charge in [0, 0.05) is 18.8 Å². The van der Waals surface area contributed by atoms with Gasteiger partial charge < -0.3 is 10.5 Å². The molecule has 0 bridgehead atoms. The Morgan fingerprint density at radius 2 is 2.00 bits per heavy atom. The molecule has 90 valence electrons. The third-order valence-electron chi connectivity index (χ3n) is 2.54. The van der Waals surface area contributed by atoms with Crippen LogP contribution in [0.5, 0.6) is 5.88 Å². The zero-order valence-electron chi connectivity index (χ0n) is 9.97. The van der Waals surface area contributed by atoms with Crippen LogP contribution in [0.25, 0.3) is 5.69 Å². The molecule has 0 saturated heterocycles. The van der Waals surface area contributed by atoms with E-state index in [9.17, 15) is 0 Å². The summed E-state index contributed by atoms with van der Waals surface area (Å²) in [6.45, 7) is 3.13. The Kier molecular flexibility index (Phi) is 3.77. The Morgan fingerprint density at radius 3 is 2.65 bits per heavy atom. The fraction of sp³-hybridized carbons (Fsp3) is 0.308. The molecule has 0 aliphatic heterocycles. The highest BCUT2D eigenvalue weighted by molar-refractivity contribution is 5.34. The van der Waals surface area contributed by atoms with Gasteiger partial charge in [0.05, 0.1) is 5.69 Å². The minimum atomic E-state index is 0.492. The first-order valence-corrected chi connectivity index (χ1v) is 5.81. The van der Waals surface area contributed by atoms with E-state index in [2.05, 4.69) is 36.3 Å². The molecule has 1 heterocycles. The molecule has 0 unspecified atom stereocenters. The number of nitrogens with two attached hydrogens (primary N) is 1. The molecule has 2 rings (SSSR count). The van der Waals surface area contributed by atoms with E-state index >= 15 is 0 Å². The quantitative estimate of drug-likeness (QED) is 0.853. The molecule has 0 atom stereocenters. The summed E-state index contributed by atoms with van der Waals surface area (Å²) in [6.07, 6.45) is 2.93. The zero-order chi connectivity index (χ0) is 12.1. The summed E-state index contributed by atoms with van der Waals surface area (Å²) in [5, 5.41) is 4.31. The van der Waals surface area contributed by atoms with Crippen LogP contribution >= 0.6 is 0 Å². The van der Waals surface area contributed by atoms with Gasteiger partial charge in [0.1, 0.15) is 6.61 Å². The molecule has 1 aromatic heterocycles. The monoisotopic (exact) mass is 231 g/mol. The fourth-order valence-corrected chi connectivity index (χ4v) is 1.58. The number of hydrogen-bond donors (Lipinski definition) is 1. The smallest absolute Gasteiger partial charge is 0.233 e. The van der Waals surface area contributed by atoms with Crippen LogP contribution in [0, 0.1) is 0 Å². The van der Waals surface area contributed by atoms with Gasteiger partial charge in [0.15, 0.2) is 0 Å². The van der Waals surface area contributed by atoms with Gasteiger partial charge in [-0.1, -0.05) is 19.1 Å².